The van der Waals surface area contributed by atoms with Crippen LogP contribution in [0.5, 0.6) is 5.75 Å². The molecule has 0 spiro atoms. The van der Waals surface area contributed by atoms with Gasteiger partial charge in [0.1, 0.15) is 5.75 Å². The molecule has 1 rings (SSSR count). The summed E-state index contributed by atoms with van der Waals surface area (Å²) >= 11 is 0. The van der Waals surface area contributed by atoms with Crippen LogP contribution in [0.3, 0.4) is 0 Å². The third kappa shape index (κ3) is 4.02. The van der Waals surface area contributed by atoms with Crippen LogP contribution in [0.15, 0.2) is 30.3 Å². The molecule has 0 aliphatic rings. The first-order chi connectivity index (χ1) is 8.04. The predicted molar refractivity (Wildman–Crippen MR) is 75.5 cm³/mol. The Kier molecular flexibility index (Phi) is 4.12. The lowest BCUT2D eigenvalue weighted by Gasteiger charge is -2.43. The van der Waals surface area contributed by atoms with E-state index in [9.17, 15) is 5.11 Å². The third-order valence-electron chi connectivity index (χ3n) is 3.29. The quantitative estimate of drug-likeness (QED) is 0.810. The maximum Gasteiger partial charge on any atom is 0.210 e. The van der Waals surface area contributed by atoms with E-state index in [-0.39, 0.29) is 10.8 Å². The highest BCUT2D eigenvalue weighted by atomic mass is 16.6. The molecule has 2 nitrogen and oxygen atoms in total. The van der Waals surface area contributed by atoms with Crippen molar-refractivity contribution < 1.29 is 9.84 Å². The van der Waals surface area contributed by atoms with Gasteiger partial charge in [-0.3, -0.25) is 0 Å². The normalized spacial score (nSPS) is 16.2. The molecule has 1 N–H and O–H groups in total. The van der Waals surface area contributed by atoms with Crippen molar-refractivity contribution in [3.63, 3.8) is 0 Å². The molecule has 0 saturated heterocycles. The first-order valence-electron chi connectivity index (χ1n) is 6.50. The number of hydrogen-bond donors (Lipinski definition) is 1. The second-order valence-corrected chi connectivity index (χ2v) is 7.02. The van der Waals surface area contributed by atoms with Crippen LogP contribution in [0.2, 0.25) is 0 Å². The van der Waals surface area contributed by atoms with Crippen LogP contribution in [-0.4, -0.2) is 10.9 Å². The maximum absolute atomic E-state index is 10.6. The van der Waals surface area contributed by atoms with Gasteiger partial charge >= 0.3 is 0 Å². The predicted octanol–water partition coefficient (Wildman–Crippen LogP) is 4.24. The highest BCUT2D eigenvalue weighted by molar-refractivity contribution is 5.21. The molecule has 0 aliphatic heterocycles. The summed E-state index contributed by atoms with van der Waals surface area (Å²) in [6.07, 6.45) is 0.875. The zero-order chi connectivity index (χ0) is 14.0. The molecule has 1 aromatic carbocycles. The third-order valence-corrected chi connectivity index (χ3v) is 3.29. The number of benzene rings is 1. The van der Waals surface area contributed by atoms with Gasteiger partial charge in [-0.2, -0.15) is 0 Å². The maximum atomic E-state index is 10.6. The number of aliphatic hydroxyl groups is 1. The Labute approximate surface area is 111 Å². The molecule has 1 aromatic rings. The van der Waals surface area contributed by atoms with Crippen molar-refractivity contribution in [3.8, 4) is 5.75 Å². The molecule has 0 amide bonds. The van der Waals surface area contributed by atoms with Gasteiger partial charge in [0, 0.05) is 12.3 Å². The molecule has 0 aromatic heterocycles. The first kappa shape index (κ1) is 15.0. The number of rotatable bonds is 4. The fraction of sp³-hybridized carbons (Fsp3) is 0.625. The molecule has 102 valence electrons. The molecule has 2 heteroatoms. The van der Waals surface area contributed by atoms with Crippen molar-refractivity contribution in [3.05, 3.63) is 30.3 Å². The van der Waals surface area contributed by atoms with E-state index in [1.807, 2.05) is 44.2 Å². The van der Waals surface area contributed by atoms with Crippen molar-refractivity contribution in [2.24, 2.45) is 10.8 Å². The lowest BCUT2D eigenvalue weighted by atomic mass is 9.71. The largest absolute Gasteiger partial charge is 0.462 e. The van der Waals surface area contributed by atoms with Crippen LogP contribution in [-0.2, 0) is 0 Å². The lowest BCUT2D eigenvalue weighted by molar-refractivity contribution is -0.207. The van der Waals surface area contributed by atoms with Crippen molar-refractivity contribution in [2.45, 2.75) is 53.8 Å². The second-order valence-electron chi connectivity index (χ2n) is 7.02. The molecule has 0 fully saturated rings. The topological polar surface area (TPSA) is 29.5 Å². The van der Waals surface area contributed by atoms with Crippen LogP contribution in [0, 0.1) is 10.8 Å². The average molecular weight is 250 g/mol. The number of ether oxygens (including phenoxy) is 1. The standard InChI is InChI=1S/C16H26O2/c1-14(2,3)12-15(4,5)16(6,17)18-13-10-8-7-9-11-13/h7-11,17H,12H2,1-6H3. The molecule has 1 atom stereocenters. The molecule has 1 unspecified atom stereocenters. The first-order valence-corrected chi connectivity index (χ1v) is 6.50. The molecular formula is C16H26O2. The Morgan fingerprint density at radius 1 is 0.944 bits per heavy atom. The van der Waals surface area contributed by atoms with Crippen LogP contribution in [0.1, 0.15) is 48.0 Å². The second kappa shape index (κ2) is 4.93. The Balaban J connectivity index is 2.85. The van der Waals surface area contributed by atoms with E-state index in [4.69, 9.17) is 4.74 Å². The lowest BCUT2D eigenvalue weighted by Crippen LogP contribution is -2.48. The van der Waals surface area contributed by atoms with Gasteiger partial charge in [-0.05, 0) is 24.0 Å². The van der Waals surface area contributed by atoms with Gasteiger partial charge in [0.05, 0.1) is 0 Å². The van der Waals surface area contributed by atoms with E-state index in [1.54, 1.807) is 6.92 Å². The molecule has 0 bridgehead atoms. The molecule has 0 saturated carbocycles. The summed E-state index contributed by atoms with van der Waals surface area (Å²) in [5, 5.41) is 10.6. The average Bonchev–Trinajstić information content (AvgIpc) is 2.14. The van der Waals surface area contributed by atoms with E-state index in [0.717, 1.165) is 6.42 Å². The molecule has 0 aliphatic carbocycles. The minimum atomic E-state index is -1.19. The van der Waals surface area contributed by atoms with E-state index in [2.05, 4.69) is 20.8 Å². The van der Waals surface area contributed by atoms with E-state index < -0.39 is 5.79 Å². The van der Waals surface area contributed by atoms with Crippen LogP contribution in [0.25, 0.3) is 0 Å². The van der Waals surface area contributed by atoms with E-state index >= 15 is 0 Å². The summed E-state index contributed by atoms with van der Waals surface area (Å²) in [7, 11) is 0. The van der Waals surface area contributed by atoms with E-state index in [0.29, 0.717) is 5.75 Å². The number of para-hydroxylation sites is 1. The van der Waals surface area contributed by atoms with Crippen LogP contribution >= 0.6 is 0 Å². The van der Waals surface area contributed by atoms with Gasteiger partial charge < -0.3 is 9.84 Å². The van der Waals surface area contributed by atoms with Gasteiger partial charge in [-0.25, -0.2) is 0 Å². The van der Waals surface area contributed by atoms with Crippen molar-refractivity contribution >= 4 is 0 Å². The van der Waals surface area contributed by atoms with Gasteiger partial charge in [0.2, 0.25) is 5.79 Å². The summed E-state index contributed by atoms with van der Waals surface area (Å²) in [5.74, 6) is -0.494. The van der Waals surface area contributed by atoms with Crippen molar-refractivity contribution in [2.75, 3.05) is 0 Å². The Morgan fingerprint density at radius 2 is 1.44 bits per heavy atom. The minimum Gasteiger partial charge on any atom is -0.462 e. The monoisotopic (exact) mass is 250 g/mol. The Morgan fingerprint density at radius 3 is 1.89 bits per heavy atom. The Hall–Kier alpha value is -1.02. The van der Waals surface area contributed by atoms with Gasteiger partial charge in [0.25, 0.3) is 0 Å². The smallest absolute Gasteiger partial charge is 0.210 e. The number of hydrogen-bond acceptors (Lipinski definition) is 2. The van der Waals surface area contributed by atoms with E-state index in [1.165, 1.54) is 0 Å². The fourth-order valence-electron chi connectivity index (χ4n) is 2.35. The molecule has 0 heterocycles. The fourth-order valence-corrected chi connectivity index (χ4v) is 2.35. The van der Waals surface area contributed by atoms with Crippen molar-refractivity contribution in [1.29, 1.82) is 0 Å². The summed E-state index contributed by atoms with van der Waals surface area (Å²) in [5.41, 5.74) is -0.186. The highest BCUT2D eigenvalue weighted by Gasteiger charge is 2.43. The minimum absolute atomic E-state index is 0.146. The zero-order valence-corrected chi connectivity index (χ0v) is 12.4. The molecule has 18 heavy (non-hydrogen) atoms. The SMILES string of the molecule is CC(C)(C)CC(C)(C)C(C)(O)Oc1ccccc1. The highest BCUT2D eigenvalue weighted by Crippen LogP contribution is 2.42. The molecule has 0 radical (unpaired) electrons. The molecular weight excluding hydrogens is 224 g/mol. The van der Waals surface area contributed by atoms with Crippen molar-refractivity contribution in [1.82, 2.24) is 0 Å². The summed E-state index contributed by atoms with van der Waals surface area (Å²) < 4.78 is 5.77. The van der Waals surface area contributed by atoms with Crippen LogP contribution in [0.4, 0.5) is 0 Å². The van der Waals surface area contributed by atoms with Gasteiger partial charge in [-0.1, -0.05) is 52.8 Å². The van der Waals surface area contributed by atoms with Crippen LogP contribution < -0.4 is 4.74 Å². The Bertz CT molecular complexity index is 372. The summed E-state index contributed by atoms with van der Waals surface area (Å²) in [6.45, 7) is 12.3. The zero-order valence-electron chi connectivity index (χ0n) is 12.4. The summed E-state index contributed by atoms with van der Waals surface area (Å²) in [4.78, 5) is 0. The van der Waals surface area contributed by atoms with Gasteiger partial charge in [-0.15, -0.1) is 0 Å². The van der Waals surface area contributed by atoms with Gasteiger partial charge in [0.15, 0.2) is 0 Å². The summed E-state index contributed by atoms with van der Waals surface area (Å²) in [6, 6.07) is 9.47.